The van der Waals surface area contributed by atoms with E-state index in [0.29, 0.717) is 0 Å². The van der Waals surface area contributed by atoms with Gasteiger partial charge in [0.2, 0.25) is 0 Å². The Bertz CT molecular complexity index is 665. The van der Waals surface area contributed by atoms with E-state index in [9.17, 15) is 4.79 Å². The van der Waals surface area contributed by atoms with Gasteiger partial charge in [0.25, 0.3) is 5.91 Å². The van der Waals surface area contributed by atoms with Crippen LogP contribution in [0.3, 0.4) is 0 Å². The maximum Gasteiger partial charge on any atom is 0.268 e. The van der Waals surface area contributed by atoms with Crippen molar-refractivity contribution >= 4 is 16.8 Å². The van der Waals surface area contributed by atoms with E-state index in [0.717, 1.165) is 30.1 Å². The number of benzene rings is 1. The fourth-order valence-corrected chi connectivity index (χ4v) is 3.80. The minimum Gasteiger partial charge on any atom is -0.350 e. The van der Waals surface area contributed by atoms with Gasteiger partial charge < -0.3 is 10.3 Å². The van der Waals surface area contributed by atoms with Crippen molar-refractivity contribution in [1.29, 1.82) is 0 Å². The first-order chi connectivity index (χ1) is 9.83. The summed E-state index contributed by atoms with van der Waals surface area (Å²) >= 11 is 0. The van der Waals surface area contributed by atoms with Crippen LogP contribution in [0.2, 0.25) is 0 Å². The Morgan fingerprint density at radius 2 is 1.95 bits per heavy atom. The summed E-state index contributed by atoms with van der Waals surface area (Å²) in [5, 5.41) is 4.17. The van der Waals surface area contributed by atoms with Gasteiger partial charge in [-0.1, -0.05) is 25.3 Å². The van der Waals surface area contributed by atoms with Crippen molar-refractivity contribution in [2.24, 2.45) is 0 Å². The molecule has 1 fully saturated rings. The zero-order valence-corrected chi connectivity index (χ0v) is 11.7. The van der Waals surface area contributed by atoms with Crippen LogP contribution in [0.25, 0.3) is 10.9 Å². The number of aromatic amines is 1. The number of rotatable bonds is 1. The Kier molecular flexibility index (Phi) is 2.79. The molecular weight excluding hydrogens is 248 g/mol. The van der Waals surface area contributed by atoms with Crippen LogP contribution in [0, 0.1) is 0 Å². The Balaban J connectivity index is 1.80. The van der Waals surface area contributed by atoms with Crippen LogP contribution in [0.5, 0.6) is 0 Å². The van der Waals surface area contributed by atoms with E-state index in [1.807, 2.05) is 0 Å². The molecule has 2 aromatic rings. The van der Waals surface area contributed by atoms with Crippen molar-refractivity contribution in [3.63, 3.8) is 0 Å². The molecule has 104 valence electrons. The quantitative estimate of drug-likeness (QED) is 0.817. The fraction of sp³-hybridized carbons (Fsp3) is 0.471. The summed E-state index contributed by atoms with van der Waals surface area (Å²) in [4.78, 5) is 15.2. The zero-order valence-electron chi connectivity index (χ0n) is 11.7. The second kappa shape index (κ2) is 4.65. The van der Waals surface area contributed by atoms with Crippen LogP contribution in [-0.2, 0) is 6.42 Å². The maximum absolute atomic E-state index is 11.9. The lowest BCUT2D eigenvalue weighted by Crippen LogP contribution is -2.31. The SMILES string of the molecule is O=C1NCCc2c1[nH]c1ccc(C3CCCCC3)cc21. The highest BCUT2D eigenvalue weighted by Gasteiger charge is 2.23. The molecule has 0 spiro atoms. The van der Waals surface area contributed by atoms with Gasteiger partial charge in [-0.25, -0.2) is 0 Å². The van der Waals surface area contributed by atoms with Crippen LogP contribution in [0.15, 0.2) is 18.2 Å². The highest BCUT2D eigenvalue weighted by molar-refractivity contribution is 6.02. The van der Waals surface area contributed by atoms with Gasteiger partial charge in [-0.05, 0) is 48.4 Å². The molecule has 2 aliphatic rings. The maximum atomic E-state index is 11.9. The minimum absolute atomic E-state index is 0.0432. The van der Waals surface area contributed by atoms with Gasteiger partial charge in [-0.3, -0.25) is 4.79 Å². The number of H-pyrrole nitrogens is 1. The van der Waals surface area contributed by atoms with E-state index in [4.69, 9.17) is 0 Å². The Labute approximate surface area is 118 Å². The van der Waals surface area contributed by atoms with Gasteiger partial charge in [-0.2, -0.15) is 0 Å². The standard InChI is InChI=1S/C17H20N2O/c20-17-16-13(8-9-18-17)14-10-12(6-7-15(14)19-16)11-4-2-1-3-5-11/h6-7,10-11,19H,1-5,8-9H2,(H,18,20). The largest absolute Gasteiger partial charge is 0.350 e. The van der Waals surface area contributed by atoms with Gasteiger partial charge in [0, 0.05) is 17.4 Å². The number of amides is 1. The lowest BCUT2D eigenvalue weighted by Gasteiger charge is -2.22. The van der Waals surface area contributed by atoms with Gasteiger partial charge in [0.15, 0.2) is 0 Å². The predicted molar refractivity (Wildman–Crippen MR) is 80.2 cm³/mol. The van der Waals surface area contributed by atoms with Crippen molar-refractivity contribution in [3.8, 4) is 0 Å². The summed E-state index contributed by atoms with van der Waals surface area (Å²) in [6.07, 6.45) is 7.68. The molecular formula is C17H20N2O. The third kappa shape index (κ3) is 1.84. The zero-order chi connectivity index (χ0) is 13.5. The predicted octanol–water partition coefficient (Wildman–Crippen LogP) is 3.50. The first-order valence-corrected chi connectivity index (χ1v) is 7.75. The summed E-state index contributed by atoms with van der Waals surface area (Å²) in [6.45, 7) is 0.756. The van der Waals surface area contributed by atoms with Crippen molar-refractivity contribution in [2.75, 3.05) is 6.54 Å². The van der Waals surface area contributed by atoms with Crippen LogP contribution in [0.1, 0.15) is 59.6 Å². The van der Waals surface area contributed by atoms with E-state index in [1.54, 1.807) is 0 Å². The van der Waals surface area contributed by atoms with Gasteiger partial charge in [0.1, 0.15) is 5.69 Å². The van der Waals surface area contributed by atoms with Crippen LogP contribution < -0.4 is 5.32 Å². The molecule has 2 N–H and O–H groups in total. The molecule has 0 bridgehead atoms. The van der Waals surface area contributed by atoms with Crippen molar-refractivity contribution in [3.05, 3.63) is 35.0 Å². The molecule has 2 heterocycles. The topological polar surface area (TPSA) is 44.9 Å². The lowest BCUT2D eigenvalue weighted by atomic mass is 9.83. The van der Waals surface area contributed by atoms with Crippen molar-refractivity contribution in [2.45, 2.75) is 44.4 Å². The number of hydrogen-bond acceptors (Lipinski definition) is 1. The second-order valence-corrected chi connectivity index (χ2v) is 6.12. The molecule has 1 aliphatic heterocycles. The van der Waals surface area contributed by atoms with Gasteiger partial charge >= 0.3 is 0 Å². The highest BCUT2D eigenvalue weighted by atomic mass is 16.1. The number of fused-ring (bicyclic) bond motifs is 3. The molecule has 0 saturated heterocycles. The summed E-state index contributed by atoms with van der Waals surface area (Å²) in [5.74, 6) is 0.762. The minimum atomic E-state index is 0.0432. The van der Waals surface area contributed by atoms with E-state index in [-0.39, 0.29) is 5.91 Å². The molecule has 3 nitrogen and oxygen atoms in total. The summed E-state index contributed by atoms with van der Waals surface area (Å²) in [5.41, 5.74) is 4.55. The molecule has 1 saturated carbocycles. The molecule has 0 radical (unpaired) electrons. The first kappa shape index (κ1) is 12.0. The normalized spacial score (nSPS) is 19.9. The van der Waals surface area contributed by atoms with Crippen LogP contribution in [-0.4, -0.2) is 17.4 Å². The first-order valence-electron chi connectivity index (χ1n) is 7.75. The average molecular weight is 268 g/mol. The summed E-state index contributed by atoms with van der Waals surface area (Å²) in [7, 11) is 0. The Hall–Kier alpha value is -1.77. The highest BCUT2D eigenvalue weighted by Crippen LogP contribution is 2.35. The number of carbonyl (C=O) groups is 1. The Morgan fingerprint density at radius 1 is 1.10 bits per heavy atom. The monoisotopic (exact) mass is 268 g/mol. The average Bonchev–Trinajstić information content (AvgIpc) is 2.88. The third-order valence-electron chi connectivity index (χ3n) is 4.89. The smallest absolute Gasteiger partial charge is 0.268 e. The van der Waals surface area contributed by atoms with Crippen LogP contribution in [0.4, 0.5) is 0 Å². The second-order valence-electron chi connectivity index (χ2n) is 6.12. The van der Waals surface area contributed by atoms with Crippen LogP contribution >= 0.6 is 0 Å². The number of nitrogens with one attached hydrogen (secondary N) is 2. The molecule has 1 aliphatic carbocycles. The van der Waals surface area contributed by atoms with E-state index in [2.05, 4.69) is 28.5 Å². The van der Waals surface area contributed by atoms with E-state index < -0.39 is 0 Å². The van der Waals surface area contributed by atoms with E-state index in [1.165, 1.54) is 48.6 Å². The van der Waals surface area contributed by atoms with Crippen molar-refractivity contribution < 1.29 is 4.79 Å². The molecule has 0 atom stereocenters. The fourth-order valence-electron chi connectivity index (χ4n) is 3.80. The molecule has 0 unspecified atom stereocenters. The molecule has 20 heavy (non-hydrogen) atoms. The Morgan fingerprint density at radius 3 is 2.80 bits per heavy atom. The molecule has 1 aromatic heterocycles. The molecule has 1 aromatic carbocycles. The number of carbonyl (C=O) groups excluding carboxylic acids is 1. The number of hydrogen-bond donors (Lipinski definition) is 2. The molecule has 1 amide bonds. The van der Waals surface area contributed by atoms with Gasteiger partial charge in [0.05, 0.1) is 0 Å². The summed E-state index contributed by atoms with van der Waals surface area (Å²) in [6, 6.07) is 6.74. The molecule has 4 rings (SSSR count). The number of aromatic nitrogens is 1. The third-order valence-corrected chi connectivity index (χ3v) is 4.89. The summed E-state index contributed by atoms with van der Waals surface area (Å²) < 4.78 is 0. The van der Waals surface area contributed by atoms with E-state index >= 15 is 0 Å². The van der Waals surface area contributed by atoms with Crippen molar-refractivity contribution in [1.82, 2.24) is 10.3 Å². The van der Waals surface area contributed by atoms with Gasteiger partial charge in [-0.15, -0.1) is 0 Å². The lowest BCUT2D eigenvalue weighted by molar-refractivity contribution is 0.0942. The molecule has 3 heteroatoms.